The van der Waals surface area contributed by atoms with Crippen LogP contribution in [0.2, 0.25) is 5.02 Å². The summed E-state index contributed by atoms with van der Waals surface area (Å²) in [4.78, 5) is 73.1. The number of hydrogen-bond donors (Lipinski definition) is 4. The number of allylic oxidation sites excluding steroid dienone is 5. The molecule has 0 radical (unpaired) electrons. The van der Waals surface area contributed by atoms with Crippen molar-refractivity contribution >= 4 is 47.0 Å². The van der Waals surface area contributed by atoms with E-state index in [1.807, 2.05) is 60.6 Å². The van der Waals surface area contributed by atoms with Crippen LogP contribution in [-0.2, 0) is 41.6 Å². The van der Waals surface area contributed by atoms with E-state index in [1.54, 1.807) is 49.4 Å². The van der Waals surface area contributed by atoms with Gasteiger partial charge in [0.1, 0.15) is 59.4 Å². The summed E-state index contributed by atoms with van der Waals surface area (Å²) in [7, 11) is 0. The van der Waals surface area contributed by atoms with Crippen LogP contribution in [0.4, 0.5) is 0 Å². The summed E-state index contributed by atoms with van der Waals surface area (Å²) in [5, 5.41) is 40.9. The van der Waals surface area contributed by atoms with Gasteiger partial charge in [0.15, 0.2) is 34.3 Å². The molecule has 4 bridgehead atoms. The Morgan fingerprint density at radius 3 is 2.28 bits per heavy atom. The normalized spacial score (nSPS) is 29.2. The second kappa shape index (κ2) is 22.0. The van der Waals surface area contributed by atoms with Crippen molar-refractivity contribution in [3.63, 3.8) is 0 Å². The molecule has 4 N–H and O–H groups in total. The summed E-state index contributed by atoms with van der Waals surface area (Å²) < 4.78 is 44.8. The van der Waals surface area contributed by atoms with Crippen LogP contribution in [0, 0.1) is 17.8 Å². The molecular formula is C62H69ClO16. The molecule has 4 heterocycles. The van der Waals surface area contributed by atoms with Gasteiger partial charge in [-0.1, -0.05) is 72.2 Å². The summed E-state index contributed by atoms with van der Waals surface area (Å²) >= 11 is 6.35. The number of ether oxygens (including phenoxy) is 7. The van der Waals surface area contributed by atoms with Crippen molar-refractivity contribution in [2.45, 2.75) is 161 Å². The van der Waals surface area contributed by atoms with Crippen molar-refractivity contribution < 1.29 is 77.6 Å². The van der Waals surface area contributed by atoms with E-state index in [0.29, 0.717) is 46.7 Å². The molecule has 0 aromatic heterocycles. The minimum atomic E-state index is -1.80. The monoisotopic (exact) mass is 1100 g/mol. The van der Waals surface area contributed by atoms with Crippen molar-refractivity contribution in [1.29, 1.82) is 0 Å². The smallest absolute Gasteiger partial charge is 0.333 e. The van der Waals surface area contributed by atoms with Gasteiger partial charge in [0.25, 0.3) is 0 Å². The molecule has 7 aliphatic rings. The molecule has 79 heavy (non-hydrogen) atoms. The summed E-state index contributed by atoms with van der Waals surface area (Å²) in [5.41, 5.74) is -1.33. The molecule has 2 saturated heterocycles. The number of aliphatic hydroxyl groups excluding tert-OH is 4. The zero-order chi connectivity index (χ0) is 57.1. The second-order valence-corrected chi connectivity index (χ2v) is 23.3. The van der Waals surface area contributed by atoms with E-state index in [-0.39, 0.29) is 71.2 Å². The van der Waals surface area contributed by atoms with Gasteiger partial charge in [-0.2, -0.15) is 0 Å². The largest absolute Gasteiger partial charge is 0.482 e. The Labute approximate surface area is 464 Å². The Balaban J connectivity index is 1.08. The van der Waals surface area contributed by atoms with Gasteiger partial charge in [-0.15, -0.1) is 0 Å². The lowest BCUT2D eigenvalue weighted by atomic mass is 9.51. The molecule has 3 fully saturated rings. The first-order valence-electron chi connectivity index (χ1n) is 26.8. The third kappa shape index (κ3) is 10.5. The lowest BCUT2D eigenvalue weighted by Crippen LogP contribution is -2.72. The van der Waals surface area contributed by atoms with E-state index in [9.17, 15) is 34.8 Å². The number of benzene rings is 3. The van der Waals surface area contributed by atoms with Gasteiger partial charge < -0.3 is 53.6 Å². The third-order valence-electron chi connectivity index (χ3n) is 16.1. The fourth-order valence-corrected chi connectivity index (χ4v) is 12.0. The summed E-state index contributed by atoms with van der Waals surface area (Å²) in [6, 6.07) is 12.8. The summed E-state index contributed by atoms with van der Waals surface area (Å²) in [5.74, 6) is -4.67. The van der Waals surface area contributed by atoms with Gasteiger partial charge >= 0.3 is 11.9 Å². The molecule has 10 rings (SSSR count). The zero-order valence-corrected chi connectivity index (χ0v) is 46.7. The average molecular weight is 1110 g/mol. The maximum atomic E-state index is 16.0. The van der Waals surface area contributed by atoms with Crippen molar-refractivity contribution in [2.24, 2.45) is 17.8 Å². The molecule has 3 aromatic carbocycles. The predicted molar refractivity (Wildman–Crippen MR) is 291 cm³/mol. The quantitative estimate of drug-likeness (QED) is 0.0306. The average Bonchev–Trinajstić information content (AvgIpc) is 3.65. The van der Waals surface area contributed by atoms with E-state index in [2.05, 4.69) is 6.08 Å². The van der Waals surface area contributed by atoms with Crippen LogP contribution in [-0.4, -0.2) is 109 Å². The number of rotatable bonds is 18. The number of Topliss-reactive ketones (excluding diaryl/α,β-unsaturated/α-hetero) is 3. The molecule has 1 saturated carbocycles. The van der Waals surface area contributed by atoms with Crippen molar-refractivity contribution in [3.05, 3.63) is 134 Å². The zero-order valence-electron chi connectivity index (χ0n) is 45.9. The number of ketones is 3. The highest BCUT2D eigenvalue weighted by Gasteiger charge is 2.81. The Kier molecular flexibility index (Phi) is 16.0. The fourth-order valence-electron chi connectivity index (χ4n) is 11.8. The summed E-state index contributed by atoms with van der Waals surface area (Å²) in [6.07, 6.45) is 4.88. The lowest BCUT2D eigenvalue weighted by Gasteiger charge is -2.56. The first-order valence-corrected chi connectivity index (χ1v) is 27.2. The van der Waals surface area contributed by atoms with Crippen LogP contribution in [0.15, 0.2) is 101 Å². The number of carbonyl (C=O) groups is 5. The van der Waals surface area contributed by atoms with Crippen LogP contribution in [0.3, 0.4) is 0 Å². The Hall–Kier alpha value is -6.24. The fraction of sp³-hybridized carbons (Fsp3) is 0.468. The Morgan fingerprint density at radius 2 is 1.59 bits per heavy atom. The number of aliphatic hydroxyl groups is 4. The molecule has 420 valence electrons. The van der Waals surface area contributed by atoms with Crippen LogP contribution in [0.25, 0.3) is 6.08 Å². The minimum absolute atomic E-state index is 0.0433. The van der Waals surface area contributed by atoms with Gasteiger partial charge in [0.2, 0.25) is 6.29 Å². The van der Waals surface area contributed by atoms with E-state index >= 15 is 9.59 Å². The van der Waals surface area contributed by atoms with E-state index in [0.717, 1.165) is 11.1 Å². The second-order valence-electron chi connectivity index (χ2n) is 22.9. The third-order valence-corrected chi connectivity index (χ3v) is 16.5. The number of halogens is 1. The first-order chi connectivity index (χ1) is 37.3. The lowest BCUT2D eigenvalue weighted by molar-refractivity contribution is -0.277. The van der Waals surface area contributed by atoms with Crippen molar-refractivity contribution in [1.82, 2.24) is 0 Å². The Bertz CT molecular complexity index is 3120. The van der Waals surface area contributed by atoms with Gasteiger partial charge in [-0.05, 0) is 124 Å². The molecule has 6 unspecified atom stereocenters. The highest BCUT2D eigenvalue weighted by Crippen LogP contribution is 2.69. The molecule has 1 spiro atoms. The molecule has 3 aliphatic carbocycles. The molecule has 11 atom stereocenters. The topological polar surface area (TPSA) is 231 Å². The van der Waals surface area contributed by atoms with Gasteiger partial charge in [-0.25, -0.2) is 4.79 Å². The van der Waals surface area contributed by atoms with Gasteiger partial charge in [0, 0.05) is 57.5 Å². The molecule has 0 amide bonds. The van der Waals surface area contributed by atoms with Crippen LogP contribution >= 0.6 is 11.6 Å². The van der Waals surface area contributed by atoms with E-state index in [1.165, 1.54) is 31.2 Å². The van der Waals surface area contributed by atoms with Crippen LogP contribution in [0.5, 0.6) is 23.0 Å². The minimum Gasteiger partial charge on any atom is -0.482 e. The SMILES string of the molecule is CC(C)=CCCC1(C)C=Cc2c(c(CC=C(C)C)c3c(c2OC(=O)C(C)CC(=O)c2ccc(O[C@@H]4O[C@H](CO)[C@@H](O)[C@H](O)[C@H]4O)cc2)C(=O)C2=CC4CC5C(C)(C)OC(C/C=C(/C)C(=O)OCc6ccccc6Cl)(C4=O)C25O3)O1. The molecule has 17 heteroatoms. The first kappa shape index (κ1) is 57.4. The number of fused-ring (bicyclic) bond motifs is 2. The van der Waals surface area contributed by atoms with Crippen molar-refractivity contribution in [3.8, 4) is 23.0 Å². The van der Waals surface area contributed by atoms with Crippen molar-refractivity contribution in [2.75, 3.05) is 6.61 Å². The molecular weight excluding hydrogens is 1040 g/mol. The molecule has 3 aromatic rings. The number of esters is 2. The van der Waals surface area contributed by atoms with E-state index in [4.69, 9.17) is 44.8 Å². The van der Waals surface area contributed by atoms with E-state index < -0.39 is 101 Å². The van der Waals surface area contributed by atoms with Crippen LogP contribution in [0.1, 0.15) is 132 Å². The summed E-state index contributed by atoms with van der Waals surface area (Å²) in [6.45, 7) is 16.0. The maximum absolute atomic E-state index is 16.0. The highest BCUT2D eigenvalue weighted by molar-refractivity contribution is 6.31. The molecule has 16 nitrogen and oxygen atoms in total. The van der Waals surface area contributed by atoms with Gasteiger partial charge in [0.05, 0.1) is 23.7 Å². The molecule has 4 aliphatic heterocycles. The Morgan fingerprint density at radius 1 is 0.886 bits per heavy atom. The maximum Gasteiger partial charge on any atom is 0.333 e. The predicted octanol–water partition coefficient (Wildman–Crippen LogP) is 8.84. The van der Waals surface area contributed by atoms with Gasteiger partial charge in [-0.3, -0.25) is 19.2 Å². The standard InChI is InChI=1S/C62H69ClO16/c1-32(2)13-12-24-60(9)25-23-41-52(77-60)40(21-16-33(3)4)54-47(53(41)76-57(72)35(6)27-44(65)36-17-19-39(20-18-36)74-58-51(69)50(68)49(67)45(30-64)75-58)48(66)42-28-38-29-46-59(7,8)79-61(55(38)70,62(42,46)78-54)26-22-34(5)56(71)73-31-37-14-10-11-15-43(37)63/h10-11,13-20,22-23,25,28,35,38,45-46,49-51,58,64,67-69H,12,21,24,26-27,29-31H2,1-9H3/b34-22-/t35?,38?,45-,46?,49-,50+,51-,58-,60?,61?,62?/m1/s1. The van der Waals surface area contributed by atoms with Crippen LogP contribution < -0.4 is 18.9 Å². The number of carbonyl (C=O) groups excluding carboxylic acids is 5. The highest BCUT2D eigenvalue weighted by atomic mass is 35.5. The number of hydrogen-bond acceptors (Lipinski definition) is 16.